The number of halogens is 10. The fourth-order valence-corrected chi connectivity index (χ4v) is 1.42. The molecule has 0 saturated carbocycles. The Labute approximate surface area is 118 Å². The van der Waals surface area contributed by atoms with Gasteiger partial charge in [0.05, 0.1) is 5.30 Å². The van der Waals surface area contributed by atoms with Crippen LogP contribution in [0.5, 0.6) is 11.5 Å². The van der Waals surface area contributed by atoms with Crippen LogP contribution in [0.1, 0.15) is 0 Å². The van der Waals surface area contributed by atoms with Crippen molar-refractivity contribution in [3.63, 3.8) is 0 Å². The number of alkyl halides is 6. The molecule has 0 heterocycles. The first-order valence-corrected chi connectivity index (χ1v) is 5.62. The molecule has 0 fully saturated rings. The third-order valence-electron chi connectivity index (χ3n) is 1.41. The van der Waals surface area contributed by atoms with Gasteiger partial charge in [-0.1, -0.05) is 0 Å². The van der Waals surface area contributed by atoms with E-state index in [1.54, 1.807) is 0 Å². The van der Waals surface area contributed by atoms with Crippen molar-refractivity contribution < 1.29 is 53.1 Å². The molecule has 1 aromatic carbocycles. The van der Waals surface area contributed by atoms with Gasteiger partial charge in [0.25, 0.3) is 0 Å². The summed E-state index contributed by atoms with van der Waals surface area (Å²) in [5.41, 5.74) is 0. The average Bonchev–Trinajstić information content (AvgIpc) is 2.05. The van der Waals surface area contributed by atoms with Crippen molar-refractivity contribution in [1.29, 1.82) is 0 Å². The Kier molecular flexibility index (Phi) is 6.80. The van der Waals surface area contributed by atoms with Gasteiger partial charge in [0.2, 0.25) is 0 Å². The van der Waals surface area contributed by atoms with E-state index in [1.165, 1.54) is 0 Å². The lowest BCUT2D eigenvalue weighted by molar-refractivity contribution is -0.276. The average molecular weight is 366 g/mol. The smallest absolute Gasteiger partial charge is 0.418 e. The molecule has 0 aliphatic heterocycles. The summed E-state index contributed by atoms with van der Waals surface area (Å²) in [4.78, 5) is 0. The summed E-state index contributed by atoms with van der Waals surface area (Å²) in [6.45, 7) is 0. The molecular formula is C8H6BF10O2P. The summed E-state index contributed by atoms with van der Waals surface area (Å²) in [6.07, 6.45) is -9.93. The zero-order valence-electron chi connectivity index (χ0n) is 10.1. The summed E-state index contributed by atoms with van der Waals surface area (Å²) >= 11 is 0. The number of hydrogen-bond acceptors (Lipinski definition) is 2. The monoisotopic (exact) mass is 366 g/mol. The molecule has 1 atom stereocenters. The molecule has 0 N–H and O–H groups in total. The van der Waals surface area contributed by atoms with Gasteiger partial charge in [-0.15, -0.1) is 26.3 Å². The maximum absolute atomic E-state index is 11.9. The first-order valence-electron chi connectivity index (χ1n) is 4.91. The molecule has 2 nitrogen and oxygen atoms in total. The minimum atomic E-state index is -6.00. The maximum atomic E-state index is 11.9. The predicted octanol–water partition coefficient (Wildman–Crippen LogP) is 4.02. The molecule has 0 spiro atoms. The second-order valence-corrected chi connectivity index (χ2v) is 4.22. The zero-order chi connectivity index (χ0) is 17.8. The topological polar surface area (TPSA) is 18.5 Å². The van der Waals surface area contributed by atoms with Gasteiger partial charge in [-0.25, -0.2) is 0 Å². The maximum Gasteiger partial charge on any atom is 0.673 e. The summed E-state index contributed by atoms with van der Waals surface area (Å²) < 4.78 is 117. The third kappa shape index (κ3) is 13.6. The highest BCUT2D eigenvalue weighted by Gasteiger charge is 2.34. The normalized spacial score (nSPS) is 12.5. The Bertz CT molecular complexity index is 443. The van der Waals surface area contributed by atoms with Crippen molar-refractivity contribution in [2.75, 3.05) is 0 Å². The summed E-state index contributed by atoms with van der Waals surface area (Å²) in [7, 11) is -4.90. The zero-order valence-corrected chi connectivity index (χ0v) is 11.5. The fourth-order valence-electron chi connectivity index (χ4n) is 1.02. The van der Waals surface area contributed by atoms with E-state index in [0.29, 0.717) is 6.07 Å². The molecular weight excluding hydrogens is 360 g/mol. The number of rotatable bonds is 2. The van der Waals surface area contributed by atoms with Crippen LogP contribution in [-0.4, -0.2) is 20.0 Å². The van der Waals surface area contributed by atoms with Crippen molar-refractivity contribution in [3.05, 3.63) is 18.2 Å². The van der Waals surface area contributed by atoms with E-state index < -0.39 is 31.5 Å². The van der Waals surface area contributed by atoms with Crippen LogP contribution in [0.2, 0.25) is 0 Å². The summed E-state index contributed by atoms with van der Waals surface area (Å²) in [5.74, 6) is -1.52. The lowest BCUT2D eigenvalue weighted by Gasteiger charge is -2.12. The van der Waals surface area contributed by atoms with Crippen LogP contribution in [-0.2, 0) is 0 Å². The Morgan fingerprint density at radius 3 is 1.23 bits per heavy atom. The van der Waals surface area contributed by atoms with Gasteiger partial charge in [-0.2, -0.15) is 0 Å². The van der Waals surface area contributed by atoms with Crippen LogP contribution in [0, 0.1) is 0 Å². The second-order valence-electron chi connectivity index (χ2n) is 3.40. The molecule has 0 aromatic heterocycles. The molecule has 128 valence electrons. The van der Waals surface area contributed by atoms with Gasteiger partial charge >= 0.3 is 20.0 Å². The van der Waals surface area contributed by atoms with Crippen LogP contribution in [0.15, 0.2) is 18.2 Å². The number of benzene rings is 1. The minimum Gasteiger partial charge on any atom is -0.418 e. The molecule has 14 heteroatoms. The third-order valence-corrected chi connectivity index (χ3v) is 1.82. The molecule has 0 amide bonds. The lowest BCUT2D eigenvalue weighted by atomic mass is 10.3. The van der Waals surface area contributed by atoms with Crippen molar-refractivity contribution >= 4 is 21.8 Å². The highest BCUT2D eigenvalue weighted by molar-refractivity contribution is 7.27. The molecule has 0 radical (unpaired) electrons. The van der Waals surface area contributed by atoms with Crippen molar-refractivity contribution in [2.24, 2.45) is 0 Å². The van der Waals surface area contributed by atoms with Crippen LogP contribution >= 0.6 is 9.24 Å². The Morgan fingerprint density at radius 2 is 1.00 bits per heavy atom. The van der Waals surface area contributed by atoms with Gasteiger partial charge in [0.1, 0.15) is 11.5 Å². The highest BCUT2D eigenvalue weighted by Crippen LogP contribution is 2.29. The van der Waals surface area contributed by atoms with E-state index >= 15 is 0 Å². The SMILES string of the molecule is FC(F)(F)Oc1cc([PH3+])cc(OC(F)(F)F)c1.F[B-](F)(F)F. The molecule has 22 heavy (non-hydrogen) atoms. The molecule has 1 rings (SSSR count). The van der Waals surface area contributed by atoms with Gasteiger partial charge in [0, 0.05) is 27.4 Å². The predicted molar refractivity (Wildman–Crippen MR) is 60.7 cm³/mol. The van der Waals surface area contributed by atoms with Gasteiger partial charge in [0.15, 0.2) is 0 Å². The van der Waals surface area contributed by atoms with Crippen molar-refractivity contribution in [3.8, 4) is 11.5 Å². The van der Waals surface area contributed by atoms with Gasteiger partial charge in [-0.05, 0) is 0 Å². The summed E-state index contributed by atoms with van der Waals surface area (Å²) in [5, 5.41) is 0.172. The molecule has 0 aliphatic carbocycles. The summed E-state index contributed by atoms with van der Waals surface area (Å²) in [6, 6.07) is 2.42. The first-order chi connectivity index (χ1) is 9.55. The Balaban J connectivity index is 0.000000763. The first kappa shape index (κ1) is 20.6. The van der Waals surface area contributed by atoms with Gasteiger partial charge in [-0.3, -0.25) is 0 Å². The number of hydrogen-bond donors (Lipinski definition) is 0. The minimum absolute atomic E-state index is 0.172. The molecule has 1 aromatic rings. The number of ether oxygens (including phenoxy) is 2. The van der Waals surface area contributed by atoms with E-state index in [0.717, 1.165) is 21.4 Å². The molecule has 0 saturated heterocycles. The van der Waals surface area contributed by atoms with Crippen LogP contribution < -0.4 is 14.8 Å². The Morgan fingerprint density at radius 1 is 0.727 bits per heavy atom. The second kappa shape index (κ2) is 7.25. The molecule has 0 aliphatic rings. The lowest BCUT2D eigenvalue weighted by Crippen LogP contribution is -2.20. The van der Waals surface area contributed by atoms with Crippen LogP contribution in [0.4, 0.5) is 43.6 Å². The van der Waals surface area contributed by atoms with E-state index in [1.807, 2.05) is 0 Å². The van der Waals surface area contributed by atoms with E-state index in [-0.39, 0.29) is 5.30 Å². The van der Waals surface area contributed by atoms with E-state index in [4.69, 9.17) is 0 Å². The molecule has 1 unspecified atom stereocenters. The van der Waals surface area contributed by atoms with Crippen molar-refractivity contribution in [2.45, 2.75) is 12.7 Å². The van der Waals surface area contributed by atoms with E-state index in [2.05, 4.69) is 9.47 Å². The highest BCUT2D eigenvalue weighted by atomic mass is 31.0. The van der Waals surface area contributed by atoms with E-state index in [9.17, 15) is 43.6 Å². The van der Waals surface area contributed by atoms with Crippen molar-refractivity contribution in [1.82, 2.24) is 0 Å². The molecule has 0 bridgehead atoms. The quantitative estimate of drug-likeness (QED) is 0.448. The standard InChI is InChI=1S/C8H5F6O2P.BF4/c9-7(10,11)15-4-1-5(3-6(17)2-4)16-8(12,13)14;2-1(3,4)5/h1-3H,17H2;/q;-1/p+1. The van der Waals surface area contributed by atoms with Crippen LogP contribution in [0.25, 0.3) is 0 Å². The Hall–Kier alpha value is -1.39. The van der Waals surface area contributed by atoms with Gasteiger partial charge < -0.3 is 26.7 Å². The largest absolute Gasteiger partial charge is 0.673 e. The fraction of sp³-hybridized carbons (Fsp3) is 0.250. The van der Waals surface area contributed by atoms with Crippen LogP contribution in [0.3, 0.4) is 0 Å².